The van der Waals surface area contributed by atoms with Crippen LogP contribution in [0.5, 0.6) is 11.6 Å². The minimum absolute atomic E-state index is 0.0982. The van der Waals surface area contributed by atoms with Gasteiger partial charge in [0.1, 0.15) is 5.75 Å². The molecule has 0 saturated carbocycles. The lowest BCUT2D eigenvalue weighted by Gasteiger charge is -2.38. The van der Waals surface area contributed by atoms with Gasteiger partial charge in [0.2, 0.25) is 16.7 Å². The van der Waals surface area contributed by atoms with Crippen LogP contribution in [0.1, 0.15) is 43.1 Å². The highest BCUT2D eigenvalue weighted by molar-refractivity contribution is 7.17. The van der Waals surface area contributed by atoms with Crippen LogP contribution in [0.3, 0.4) is 0 Å². The summed E-state index contributed by atoms with van der Waals surface area (Å²) in [6.07, 6.45) is 0.721. The van der Waals surface area contributed by atoms with Crippen molar-refractivity contribution < 1.29 is 14.6 Å². The number of rotatable bonds is 6. The smallest absolute Gasteiger partial charge is 0.230 e. The second kappa shape index (κ2) is 8.61. The van der Waals surface area contributed by atoms with E-state index in [0.717, 1.165) is 41.5 Å². The summed E-state index contributed by atoms with van der Waals surface area (Å²) in [6, 6.07) is 7.86. The largest absolute Gasteiger partial charge is 0.494 e. The number of aryl methyl sites for hydroxylation is 1. The average molecular weight is 430 g/mol. The van der Waals surface area contributed by atoms with Crippen LogP contribution in [-0.4, -0.2) is 68.2 Å². The summed E-state index contributed by atoms with van der Waals surface area (Å²) in [6.45, 7) is 8.97. The van der Waals surface area contributed by atoms with Crippen molar-refractivity contribution in [2.45, 2.75) is 33.2 Å². The SMILES string of the molecule is CCOc1ccc([C@H](c2sc3nc(CC)nn3c2O)N2CCN(C(C)=O)CC2)cc1. The molecule has 9 heteroatoms. The molecular weight excluding hydrogens is 402 g/mol. The first-order chi connectivity index (χ1) is 14.5. The van der Waals surface area contributed by atoms with Gasteiger partial charge >= 0.3 is 0 Å². The summed E-state index contributed by atoms with van der Waals surface area (Å²) in [4.78, 5) is 21.9. The number of thiazole rings is 1. The molecule has 0 bridgehead atoms. The van der Waals surface area contributed by atoms with Crippen LogP contribution in [0.25, 0.3) is 4.96 Å². The molecule has 0 aliphatic carbocycles. The molecule has 0 unspecified atom stereocenters. The molecule has 1 atom stereocenters. The van der Waals surface area contributed by atoms with Crippen molar-refractivity contribution in [2.75, 3.05) is 32.8 Å². The maximum Gasteiger partial charge on any atom is 0.230 e. The van der Waals surface area contributed by atoms with E-state index in [1.807, 2.05) is 43.0 Å². The van der Waals surface area contributed by atoms with Gasteiger partial charge < -0.3 is 14.7 Å². The minimum atomic E-state index is -0.145. The van der Waals surface area contributed by atoms with Gasteiger partial charge in [-0.25, -0.2) is 4.98 Å². The Morgan fingerprint density at radius 2 is 1.90 bits per heavy atom. The lowest BCUT2D eigenvalue weighted by Crippen LogP contribution is -2.49. The fraction of sp³-hybridized carbons (Fsp3) is 0.476. The van der Waals surface area contributed by atoms with Crippen molar-refractivity contribution in [3.63, 3.8) is 0 Å². The van der Waals surface area contributed by atoms with Crippen molar-refractivity contribution in [1.29, 1.82) is 0 Å². The molecule has 160 valence electrons. The third-order valence-corrected chi connectivity index (χ3v) is 6.51. The zero-order chi connectivity index (χ0) is 21.3. The Labute approximate surface area is 179 Å². The third-order valence-electron chi connectivity index (χ3n) is 5.44. The predicted molar refractivity (Wildman–Crippen MR) is 115 cm³/mol. The first-order valence-electron chi connectivity index (χ1n) is 10.3. The zero-order valence-corrected chi connectivity index (χ0v) is 18.4. The molecule has 1 N–H and O–H groups in total. The number of aromatic nitrogens is 3. The van der Waals surface area contributed by atoms with Gasteiger partial charge in [-0.15, -0.1) is 5.10 Å². The van der Waals surface area contributed by atoms with Gasteiger partial charge in [0.15, 0.2) is 5.82 Å². The standard InChI is InChI=1S/C21H27N5O3S/c1-4-17-22-21-26(23-17)20(28)19(30-21)18(15-6-8-16(9-7-15)29-5-2)25-12-10-24(11-13-25)14(3)27/h6-9,18,28H,4-5,10-13H2,1-3H3/t18-/m1/s1. The number of hydrogen-bond acceptors (Lipinski definition) is 7. The van der Waals surface area contributed by atoms with Gasteiger partial charge in [-0.05, 0) is 24.6 Å². The van der Waals surface area contributed by atoms with Crippen molar-refractivity contribution >= 4 is 22.2 Å². The Hall–Kier alpha value is -2.65. The second-order valence-electron chi connectivity index (χ2n) is 7.31. The van der Waals surface area contributed by atoms with Crippen LogP contribution in [0.4, 0.5) is 0 Å². The van der Waals surface area contributed by atoms with Gasteiger partial charge in [0.25, 0.3) is 0 Å². The van der Waals surface area contributed by atoms with E-state index in [1.54, 1.807) is 6.92 Å². The van der Waals surface area contributed by atoms with Gasteiger partial charge in [0, 0.05) is 39.5 Å². The van der Waals surface area contributed by atoms with Crippen molar-refractivity contribution in [3.8, 4) is 11.6 Å². The van der Waals surface area contributed by atoms with Gasteiger partial charge in [0.05, 0.1) is 17.5 Å². The number of amides is 1. The Bertz CT molecular complexity index is 1020. The topological polar surface area (TPSA) is 83.2 Å². The number of benzene rings is 1. The van der Waals surface area contributed by atoms with E-state index < -0.39 is 0 Å². The molecule has 30 heavy (non-hydrogen) atoms. The van der Waals surface area contributed by atoms with E-state index in [4.69, 9.17) is 4.74 Å². The highest BCUT2D eigenvalue weighted by Gasteiger charge is 2.32. The lowest BCUT2D eigenvalue weighted by molar-refractivity contribution is -0.130. The molecule has 1 aliphatic heterocycles. The van der Waals surface area contributed by atoms with Gasteiger partial charge in [-0.3, -0.25) is 9.69 Å². The van der Waals surface area contributed by atoms with E-state index in [0.29, 0.717) is 24.7 Å². The first kappa shape index (κ1) is 20.6. The number of piperazine rings is 1. The summed E-state index contributed by atoms with van der Waals surface area (Å²) < 4.78 is 7.12. The van der Waals surface area contributed by atoms with E-state index in [-0.39, 0.29) is 17.8 Å². The van der Waals surface area contributed by atoms with Crippen LogP contribution in [0.15, 0.2) is 24.3 Å². The minimum Gasteiger partial charge on any atom is -0.494 e. The number of carbonyl (C=O) groups excluding carboxylic acids is 1. The van der Waals surface area contributed by atoms with E-state index in [2.05, 4.69) is 15.0 Å². The summed E-state index contributed by atoms with van der Waals surface area (Å²) in [5.41, 5.74) is 1.06. The number of ether oxygens (including phenoxy) is 1. The predicted octanol–water partition coefficient (Wildman–Crippen LogP) is 2.71. The normalized spacial score (nSPS) is 16.2. The Morgan fingerprint density at radius 3 is 2.47 bits per heavy atom. The molecule has 1 aromatic carbocycles. The van der Waals surface area contributed by atoms with Gasteiger partial charge in [-0.2, -0.15) is 4.52 Å². The van der Waals surface area contributed by atoms with Crippen molar-refractivity contribution in [3.05, 3.63) is 40.5 Å². The van der Waals surface area contributed by atoms with E-state index >= 15 is 0 Å². The Morgan fingerprint density at radius 1 is 1.20 bits per heavy atom. The molecule has 1 fully saturated rings. The quantitative estimate of drug-likeness (QED) is 0.649. The summed E-state index contributed by atoms with van der Waals surface area (Å²) in [5, 5.41) is 15.4. The monoisotopic (exact) mass is 429 g/mol. The highest BCUT2D eigenvalue weighted by Crippen LogP contribution is 2.40. The van der Waals surface area contributed by atoms with Crippen LogP contribution in [0, 0.1) is 0 Å². The molecule has 0 spiro atoms. The van der Waals surface area contributed by atoms with Crippen LogP contribution < -0.4 is 4.74 Å². The average Bonchev–Trinajstić information content (AvgIpc) is 3.29. The fourth-order valence-corrected chi connectivity index (χ4v) is 4.99. The molecule has 0 radical (unpaired) electrons. The van der Waals surface area contributed by atoms with Crippen molar-refractivity contribution in [1.82, 2.24) is 24.4 Å². The number of nitrogens with zero attached hydrogens (tertiary/aromatic N) is 5. The molecule has 3 aromatic rings. The summed E-state index contributed by atoms with van der Waals surface area (Å²) >= 11 is 1.46. The highest BCUT2D eigenvalue weighted by atomic mass is 32.1. The van der Waals surface area contributed by atoms with Crippen LogP contribution in [-0.2, 0) is 11.2 Å². The molecule has 3 heterocycles. The maximum atomic E-state index is 11.7. The number of aromatic hydroxyl groups is 1. The van der Waals surface area contributed by atoms with Crippen molar-refractivity contribution in [2.24, 2.45) is 0 Å². The Balaban J connectivity index is 1.71. The van der Waals surface area contributed by atoms with Gasteiger partial charge in [-0.1, -0.05) is 30.4 Å². The molecule has 8 nitrogen and oxygen atoms in total. The lowest BCUT2D eigenvalue weighted by atomic mass is 10.0. The van der Waals surface area contributed by atoms with E-state index in [9.17, 15) is 9.90 Å². The molecular formula is C21H27N5O3S. The molecule has 1 aliphatic rings. The zero-order valence-electron chi connectivity index (χ0n) is 17.5. The van der Waals surface area contributed by atoms with E-state index in [1.165, 1.54) is 15.9 Å². The first-order valence-corrected chi connectivity index (χ1v) is 11.1. The van der Waals surface area contributed by atoms with Crippen LogP contribution in [0.2, 0.25) is 0 Å². The molecule has 4 rings (SSSR count). The second-order valence-corrected chi connectivity index (χ2v) is 8.32. The summed E-state index contributed by atoms with van der Waals surface area (Å²) in [5.74, 6) is 1.77. The molecule has 1 saturated heterocycles. The van der Waals surface area contributed by atoms with Crippen LogP contribution >= 0.6 is 11.3 Å². The third kappa shape index (κ3) is 3.87. The summed E-state index contributed by atoms with van der Waals surface area (Å²) in [7, 11) is 0. The number of carbonyl (C=O) groups is 1. The number of fused-ring (bicyclic) bond motifs is 1. The molecule has 1 amide bonds. The molecule has 2 aromatic heterocycles. The number of hydrogen-bond donors (Lipinski definition) is 1. The fourth-order valence-electron chi connectivity index (χ4n) is 3.85. The Kier molecular flexibility index (Phi) is 5.92. The maximum absolute atomic E-state index is 11.7.